The van der Waals surface area contributed by atoms with Crippen molar-refractivity contribution in [3.63, 3.8) is 0 Å². The second kappa shape index (κ2) is 6.04. The quantitative estimate of drug-likeness (QED) is 0.588. The van der Waals surface area contributed by atoms with Crippen molar-refractivity contribution in [2.24, 2.45) is 0 Å². The normalized spacial score (nSPS) is 12.7. The molecule has 5 nitrogen and oxygen atoms in total. The summed E-state index contributed by atoms with van der Waals surface area (Å²) in [6.45, 7) is 0.194. The molecule has 0 bridgehead atoms. The Morgan fingerprint density at radius 2 is 1.88 bits per heavy atom. The molecule has 0 radical (unpaired) electrons. The number of nitrogens with zero attached hydrogens (tertiary/aromatic N) is 1. The predicted octanol–water partition coefficient (Wildman–Crippen LogP) is 3.70. The summed E-state index contributed by atoms with van der Waals surface area (Å²) in [6.07, 6.45) is 3.23. The van der Waals surface area contributed by atoms with Crippen molar-refractivity contribution < 1.29 is 14.3 Å². The number of H-pyrrole nitrogens is 1. The highest BCUT2D eigenvalue weighted by Crippen LogP contribution is 2.32. The Bertz CT molecular complexity index is 913. The number of carbonyl (C=O) groups is 1. The first-order chi connectivity index (χ1) is 11.8. The molecule has 0 saturated heterocycles. The summed E-state index contributed by atoms with van der Waals surface area (Å²) in [6, 6.07) is 16.9. The number of aromatic nitrogens is 2. The maximum Gasteiger partial charge on any atom is 0.231 e. The zero-order valence-corrected chi connectivity index (χ0v) is 12.7. The summed E-state index contributed by atoms with van der Waals surface area (Å²) in [5, 5.41) is 7.18. The summed E-state index contributed by atoms with van der Waals surface area (Å²) in [5.41, 5.74) is 3.18. The van der Waals surface area contributed by atoms with Crippen LogP contribution in [0.5, 0.6) is 11.5 Å². The van der Waals surface area contributed by atoms with E-state index in [2.05, 4.69) is 10.2 Å². The third kappa shape index (κ3) is 2.79. The number of nitrogens with one attached hydrogen (secondary N) is 1. The van der Waals surface area contributed by atoms with Crippen molar-refractivity contribution in [1.29, 1.82) is 0 Å². The van der Waals surface area contributed by atoms with Gasteiger partial charge in [-0.2, -0.15) is 5.10 Å². The van der Waals surface area contributed by atoms with Gasteiger partial charge in [-0.3, -0.25) is 9.89 Å². The van der Waals surface area contributed by atoms with E-state index in [-0.39, 0.29) is 12.6 Å². The fourth-order valence-electron chi connectivity index (χ4n) is 2.49. The highest BCUT2D eigenvalue weighted by Gasteiger charge is 2.15. The molecule has 0 spiro atoms. The highest BCUT2D eigenvalue weighted by atomic mass is 16.7. The van der Waals surface area contributed by atoms with Crippen LogP contribution in [0.1, 0.15) is 16.1 Å². The maximum absolute atomic E-state index is 12.3. The molecule has 4 rings (SSSR count). The minimum absolute atomic E-state index is 0.107. The molecule has 0 amide bonds. The van der Waals surface area contributed by atoms with Crippen molar-refractivity contribution >= 4 is 11.9 Å². The molecular formula is C19H14N2O3. The summed E-state index contributed by atoms with van der Waals surface area (Å²) >= 11 is 0. The minimum Gasteiger partial charge on any atom is -0.454 e. The number of allylic oxidation sites excluding steroid dienone is 1. The fraction of sp³-hybridized carbons (Fsp3) is 0.0526. The molecule has 0 aliphatic carbocycles. The Morgan fingerprint density at radius 3 is 2.75 bits per heavy atom. The van der Waals surface area contributed by atoms with Crippen molar-refractivity contribution in [1.82, 2.24) is 10.2 Å². The number of fused-ring (bicyclic) bond motifs is 1. The van der Waals surface area contributed by atoms with Crippen LogP contribution >= 0.6 is 0 Å². The number of hydrogen-bond donors (Lipinski definition) is 1. The van der Waals surface area contributed by atoms with Gasteiger partial charge < -0.3 is 9.47 Å². The van der Waals surface area contributed by atoms with Gasteiger partial charge in [0.2, 0.25) is 6.79 Å². The molecule has 24 heavy (non-hydrogen) atoms. The van der Waals surface area contributed by atoms with Gasteiger partial charge in [0.15, 0.2) is 17.3 Å². The Kier molecular flexibility index (Phi) is 3.59. The van der Waals surface area contributed by atoms with E-state index >= 15 is 0 Å². The maximum atomic E-state index is 12.3. The molecule has 5 heteroatoms. The first-order valence-corrected chi connectivity index (χ1v) is 7.52. The lowest BCUT2D eigenvalue weighted by Crippen LogP contribution is -1.94. The molecule has 0 atom stereocenters. The third-order valence-corrected chi connectivity index (χ3v) is 3.74. The number of benzene rings is 2. The zero-order valence-electron chi connectivity index (χ0n) is 12.7. The molecule has 3 aromatic rings. The highest BCUT2D eigenvalue weighted by molar-refractivity contribution is 6.07. The van der Waals surface area contributed by atoms with E-state index in [0.29, 0.717) is 17.1 Å². The Morgan fingerprint density at radius 1 is 1.04 bits per heavy atom. The lowest BCUT2D eigenvalue weighted by Gasteiger charge is -1.98. The molecule has 1 aliphatic rings. The van der Waals surface area contributed by atoms with E-state index in [1.54, 1.807) is 24.3 Å². The van der Waals surface area contributed by atoms with Crippen molar-refractivity contribution in [3.05, 3.63) is 71.9 Å². The summed E-state index contributed by atoms with van der Waals surface area (Å²) in [5.74, 6) is 1.16. The number of rotatable bonds is 4. The van der Waals surface area contributed by atoms with E-state index in [1.807, 2.05) is 36.4 Å². The standard InChI is InChI=1S/C19H14N2O3/c22-17(14-6-9-18-19(10-14)24-12-23-18)8-7-15-11-16(21-20-15)13-4-2-1-3-5-13/h1-11H,12H2,(H,20,21). The number of hydrogen-bond acceptors (Lipinski definition) is 4. The SMILES string of the molecule is O=C(C=Cc1cc(-c2ccccc2)n[nH]1)c1ccc2c(c1)OCO2. The van der Waals surface area contributed by atoms with Crippen LogP contribution in [0, 0.1) is 0 Å². The largest absolute Gasteiger partial charge is 0.454 e. The molecular weight excluding hydrogens is 304 g/mol. The molecule has 1 N–H and O–H groups in total. The Hall–Kier alpha value is -3.34. The summed E-state index contributed by atoms with van der Waals surface area (Å²) < 4.78 is 10.5. The molecule has 1 aromatic heterocycles. The molecule has 0 fully saturated rings. The topological polar surface area (TPSA) is 64.2 Å². The average Bonchev–Trinajstić information content (AvgIpc) is 3.29. The number of aromatic amines is 1. The number of ether oxygens (including phenoxy) is 2. The Labute approximate surface area is 138 Å². The second-order valence-corrected chi connectivity index (χ2v) is 5.34. The predicted molar refractivity (Wildman–Crippen MR) is 90.0 cm³/mol. The molecule has 2 heterocycles. The first-order valence-electron chi connectivity index (χ1n) is 7.52. The lowest BCUT2D eigenvalue weighted by molar-refractivity contribution is 0.104. The van der Waals surface area contributed by atoms with Gasteiger partial charge >= 0.3 is 0 Å². The summed E-state index contributed by atoms with van der Waals surface area (Å²) in [7, 11) is 0. The van der Waals surface area contributed by atoms with Crippen molar-refractivity contribution in [2.45, 2.75) is 0 Å². The smallest absolute Gasteiger partial charge is 0.231 e. The van der Waals surface area contributed by atoms with Crippen LogP contribution < -0.4 is 9.47 Å². The lowest BCUT2D eigenvalue weighted by atomic mass is 10.1. The van der Waals surface area contributed by atoms with Gasteiger partial charge in [-0.1, -0.05) is 30.3 Å². The molecule has 0 saturated carbocycles. The van der Waals surface area contributed by atoms with E-state index in [9.17, 15) is 4.79 Å². The van der Waals surface area contributed by atoms with Gasteiger partial charge in [0.1, 0.15) is 0 Å². The number of carbonyl (C=O) groups excluding carboxylic acids is 1. The monoisotopic (exact) mass is 318 g/mol. The zero-order chi connectivity index (χ0) is 16.4. The second-order valence-electron chi connectivity index (χ2n) is 5.34. The first kappa shape index (κ1) is 14.3. The van der Waals surface area contributed by atoms with Crippen LogP contribution in [-0.4, -0.2) is 22.8 Å². The van der Waals surface area contributed by atoms with Crippen LogP contribution in [0.15, 0.2) is 60.7 Å². The van der Waals surface area contributed by atoms with Crippen LogP contribution in [-0.2, 0) is 0 Å². The van der Waals surface area contributed by atoms with E-state index in [0.717, 1.165) is 17.0 Å². The van der Waals surface area contributed by atoms with Crippen LogP contribution in [0.2, 0.25) is 0 Å². The fourth-order valence-corrected chi connectivity index (χ4v) is 2.49. The molecule has 118 valence electrons. The van der Waals surface area contributed by atoms with Crippen LogP contribution in [0.4, 0.5) is 0 Å². The van der Waals surface area contributed by atoms with E-state index < -0.39 is 0 Å². The van der Waals surface area contributed by atoms with Gasteiger partial charge in [-0.25, -0.2) is 0 Å². The average molecular weight is 318 g/mol. The van der Waals surface area contributed by atoms with Crippen molar-refractivity contribution in [2.75, 3.05) is 6.79 Å². The van der Waals surface area contributed by atoms with Gasteiger partial charge in [0.25, 0.3) is 0 Å². The van der Waals surface area contributed by atoms with Crippen LogP contribution in [0.25, 0.3) is 17.3 Å². The van der Waals surface area contributed by atoms with Gasteiger partial charge in [0.05, 0.1) is 11.4 Å². The van der Waals surface area contributed by atoms with E-state index in [1.165, 1.54) is 6.08 Å². The van der Waals surface area contributed by atoms with Gasteiger partial charge in [-0.05, 0) is 36.4 Å². The Balaban J connectivity index is 1.51. The minimum atomic E-state index is -0.107. The van der Waals surface area contributed by atoms with Crippen molar-refractivity contribution in [3.8, 4) is 22.8 Å². The number of ketones is 1. The summed E-state index contributed by atoms with van der Waals surface area (Å²) in [4.78, 5) is 12.3. The van der Waals surface area contributed by atoms with Gasteiger partial charge in [-0.15, -0.1) is 0 Å². The molecule has 2 aromatic carbocycles. The van der Waals surface area contributed by atoms with Crippen LogP contribution in [0.3, 0.4) is 0 Å². The molecule has 0 unspecified atom stereocenters. The van der Waals surface area contributed by atoms with Gasteiger partial charge in [0, 0.05) is 11.1 Å². The molecule has 1 aliphatic heterocycles. The van der Waals surface area contributed by atoms with E-state index in [4.69, 9.17) is 9.47 Å². The third-order valence-electron chi connectivity index (χ3n) is 3.74.